The second kappa shape index (κ2) is 5.52. The van der Waals surface area contributed by atoms with Crippen molar-refractivity contribution in [2.75, 3.05) is 6.54 Å². The minimum absolute atomic E-state index is 0.0115. The maximum Gasteiger partial charge on any atom is 0.243 e. The first kappa shape index (κ1) is 14.4. The Balaban J connectivity index is 2.26. The number of hydrogen-bond donors (Lipinski definition) is 1. The van der Waals surface area contributed by atoms with Gasteiger partial charge in [0.1, 0.15) is 5.82 Å². The Morgan fingerprint density at radius 2 is 2.16 bits per heavy atom. The van der Waals surface area contributed by atoms with Crippen molar-refractivity contribution >= 4 is 27.2 Å². The fourth-order valence-corrected chi connectivity index (χ4v) is 3.65. The third kappa shape index (κ3) is 3.49. The number of nitrogens with two attached hydrogens (primary N) is 1. The fraction of sp³-hybridized carbons (Fsp3) is 0.417. The van der Waals surface area contributed by atoms with Gasteiger partial charge in [-0.3, -0.25) is 0 Å². The van der Waals surface area contributed by atoms with Gasteiger partial charge in [-0.25, -0.2) is 12.8 Å². The summed E-state index contributed by atoms with van der Waals surface area (Å²) in [6.45, 7) is 0.249. The molecule has 1 aliphatic rings. The lowest BCUT2D eigenvalue weighted by Gasteiger charge is -2.21. The number of hydrogen-bond acceptors (Lipinski definition) is 3. The van der Waals surface area contributed by atoms with E-state index in [4.69, 9.17) is 18.0 Å². The van der Waals surface area contributed by atoms with Crippen molar-refractivity contribution in [2.45, 2.75) is 30.2 Å². The van der Waals surface area contributed by atoms with Crippen LogP contribution in [0.5, 0.6) is 0 Å². The van der Waals surface area contributed by atoms with Gasteiger partial charge in [0, 0.05) is 19.0 Å². The molecule has 0 spiro atoms. The molecule has 0 bridgehead atoms. The largest absolute Gasteiger partial charge is 0.393 e. The van der Waals surface area contributed by atoms with Gasteiger partial charge in [0.15, 0.2) is 0 Å². The summed E-state index contributed by atoms with van der Waals surface area (Å²) < 4.78 is 39.5. The van der Waals surface area contributed by atoms with Crippen molar-refractivity contribution in [1.29, 1.82) is 0 Å². The average molecular weight is 302 g/mol. The van der Waals surface area contributed by atoms with E-state index in [2.05, 4.69) is 0 Å². The van der Waals surface area contributed by atoms with E-state index in [1.165, 1.54) is 22.5 Å². The van der Waals surface area contributed by atoms with E-state index in [0.29, 0.717) is 6.42 Å². The van der Waals surface area contributed by atoms with E-state index in [1.807, 2.05) is 0 Å². The third-order valence-corrected chi connectivity index (χ3v) is 5.09. The first-order chi connectivity index (χ1) is 8.91. The molecule has 0 amide bonds. The maximum absolute atomic E-state index is 13.2. The van der Waals surface area contributed by atoms with Gasteiger partial charge in [0.25, 0.3) is 0 Å². The summed E-state index contributed by atoms with van der Waals surface area (Å²) in [5.41, 5.74) is 5.42. The molecular formula is C12H15FN2O2S2. The standard InChI is InChI=1S/C12H15FN2O2S2/c13-9-2-1-3-11(8-9)19(16,17)15(10-4-5-10)7-6-12(14)18/h1-3,8,10H,4-7H2,(H2,14,18). The first-order valence-electron chi connectivity index (χ1n) is 5.97. The van der Waals surface area contributed by atoms with Crippen LogP contribution in [0.2, 0.25) is 0 Å². The maximum atomic E-state index is 13.2. The molecule has 4 nitrogen and oxygen atoms in total. The van der Waals surface area contributed by atoms with Gasteiger partial charge in [-0.2, -0.15) is 4.31 Å². The van der Waals surface area contributed by atoms with Crippen LogP contribution in [-0.2, 0) is 10.0 Å². The lowest BCUT2D eigenvalue weighted by molar-refractivity contribution is 0.412. The predicted octanol–water partition coefficient (Wildman–Crippen LogP) is 1.65. The van der Waals surface area contributed by atoms with Crippen molar-refractivity contribution in [1.82, 2.24) is 4.31 Å². The van der Waals surface area contributed by atoms with E-state index in [-0.39, 0.29) is 22.5 Å². The highest BCUT2D eigenvalue weighted by Gasteiger charge is 2.37. The quantitative estimate of drug-likeness (QED) is 0.812. The minimum Gasteiger partial charge on any atom is -0.393 e. The van der Waals surface area contributed by atoms with Gasteiger partial charge in [-0.15, -0.1) is 0 Å². The van der Waals surface area contributed by atoms with Crippen LogP contribution in [0.15, 0.2) is 29.2 Å². The highest BCUT2D eigenvalue weighted by Crippen LogP contribution is 2.32. The summed E-state index contributed by atoms with van der Waals surface area (Å²) in [6, 6.07) is 5.03. The Kier molecular flexibility index (Phi) is 4.17. The summed E-state index contributed by atoms with van der Waals surface area (Å²) in [6.07, 6.45) is 1.98. The number of sulfonamides is 1. The third-order valence-electron chi connectivity index (χ3n) is 2.94. The monoisotopic (exact) mass is 302 g/mol. The Bertz CT molecular complexity index is 585. The average Bonchev–Trinajstić information content (AvgIpc) is 3.13. The molecule has 19 heavy (non-hydrogen) atoms. The van der Waals surface area contributed by atoms with E-state index in [9.17, 15) is 12.8 Å². The summed E-state index contributed by atoms with van der Waals surface area (Å²) in [5.74, 6) is -0.564. The molecule has 0 unspecified atom stereocenters. The molecular weight excluding hydrogens is 287 g/mol. The second-order valence-electron chi connectivity index (χ2n) is 4.52. The number of thiocarbonyl (C=S) groups is 1. The SMILES string of the molecule is NC(=S)CCN(C1CC1)S(=O)(=O)c1cccc(F)c1. The van der Waals surface area contributed by atoms with Gasteiger partial charge in [0.05, 0.1) is 9.88 Å². The summed E-state index contributed by atoms with van der Waals surface area (Å²) in [4.78, 5) is 0.252. The fourth-order valence-electron chi connectivity index (χ4n) is 1.84. The van der Waals surface area contributed by atoms with Crippen LogP contribution in [0, 0.1) is 5.82 Å². The zero-order valence-corrected chi connectivity index (χ0v) is 11.9. The Morgan fingerprint density at radius 1 is 1.47 bits per heavy atom. The molecule has 1 aliphatic carbocycles. The molecule has 2 N–H and O–H groups in total. The molecule has 0 saturated heterocycles. The zero-order chi connectivity index (χ0) is 14.0. The first-order valence-corrected chi connectivity index (χ1v) is 7.82. The number of rotatable bonds is 6. The van der Waals surface area contributed by atoms with Gasteiger partial charge >= 0.3 is 0 Å². The molecule has 7 heteroatoms. The Labute approximate surface area is 117 Å². The van der Waals surface area contributed by atoms with Crippen molar-refractivity contribution < 1.29 is 12.8 Å². The molecule has 0 heterocycles. The van der Waals surface area contributed by atoms with Crippen LogP contribution < -0.4 is 5.73 Å². The second-order valence-corrected chi connectivity index (χ2v) is 6.94. The lowest BCUT2D eigenvalue weighted by Crippen LogP contribution is -2.35. The molecule has 0 radical (unpaired) electrons. The molecule has 1 aromatic rings. The topological polar surface area (TPSA) is 63.4 Å². The Hall–Kier alpha value is -1.05. The van der Waals surface area contributed by atoms with Crippen LogP contribution in [-0.4, -0.2) is 30.3 Å². The van der Waals surface area contributed by atoms with Gasteiger partial charge in [0.2, 0.25) is 10.0 Å². The van der Waals surface area contributed by atoms with Crippen LogP contribution in [0.1, 0.15) is 19.3 Å². The highest BCUT2D eigenvalue weighted by atomic mass is 32.2. The smallest absolute Gasteiger partial charge is 0.243 e. The molecule has 1 aromatic carbocycles. The highest BCUT2D eigenvalue weighted by molar-refractivity contribution is 7.89. The Morgan fingerprint density at radius 3 is 2.68 bits per heavy atom. The molecule has 0 atom stereocenters. The van der Waals surface area contributed by atoms with Gasteiger partial charge in [-0.1, -0.05) is 18.3 Å². The van der Waals surface area contributed by atoms with Crippen molar-refractivity contribution in [3.05, 3.63) is 30.1 Å². The van der Waals surface area contributed by atoms with E-state index in [1.54, 1.807) is 0 Å². The van der Waals surface area contributed by atoms with Crippen LogP contribution in [0.3, 0.4) is 0 Å². The lowest BCUT2D eigenvalue weighted by atomic mass is 10.4. The van der Waals surface area contributed by atoms with Crippen molar-refractivity contribution in [3.63, 3.8) is 0 Å². The molecule has 1 fully saturated rings. The summed E-state index contributed by atoms with van der Waals surface area (Å²) in [5, 5.41) is 0. The molecule has 1 saturated carbocycles. The van der Waals surface area contributed by atoms with E-state index in [0.717, 1.165) is 18.9 Å². The zero-order valence-electron chi connectivity index (χ0n) is 10.3. The molecule has 2 rings (SSSR count). The van der Waals surface area contributed by atoms with Crippen molar-refractivity contribution in [3.8, 4) is 0 Å². The summed E-state index contributed by atoms with van der Waals surface area (Å²) in [7, 11) is -3.68. The van der Waals surface area contributed by atoms with Crippen LogP contribution in [0.25, 0.3) is 0 Å². The van der Waals surface area contributed by atoms with Crippen LogP contribution in [0.4, 0.5) is 4.39 Å². The van der Waals surface area contributed by atoms with Crippen LogP contribution >= 0.6 is 12.2 Å². The van der Waals surface area contributed by atoms with Crippen molar-refractivity contribution in [2.24, 2.45) is 5.73 Å². The summed E-state index contributed by atoms with van der Waals surface area (Å²) >= 11 is 4.78. The molecule has 0 aromatic heterocycles. The van der Waals surface area contributed by atoms with E-state index < -0.39 is 15.8 Å². The van der Waals surface area contributed by atoms with E-state index >= 15 is 0 Å². The predicted molar refractivity (Wildman–Crippen MR) is 74.7 cm³/mol. The minimum atomic E-state index is -3.68. The number of nitrogens with zero attached hydrogens (tertiary/aromatic N) is 1. The normalized spacial score (nSPS) is 15.7. The number of halogens is 1. The molecule has 0 aliphatic heterocycles. The molecule has 104 valence electrons. The number of benzene rings is 1. The van der Waals surface area contributed by atoms with Gasteiger partial charge < -0.3 is 5.73 Å². The van der Waals surface area contributed by atoms with Gasteiger partial charge in [-0.05, 0) is 31.0 Å².